The van der Waals surface area contributed by atoms with Crippen molar-refractivity contribution in [3.63, 3.8) is 0 Å². The number of hydrogen-bond donors (Lipinski definition) is 2. The number of carbonyl (C=O) groups excluding carboxylic acids is 1. The molecule has 9 heteroatoms. The first-order valence-electron chi connectivity index (χ1n) is 9.63. The minimum absolute atomic E-state index is 0.137. The van der Waals surface area contributed by atoms with E-state index in [0.717, 1.165) is 5.56 Å². The van der Waals surface area contributed by atoms with E-state index >= 15 is 0 Å². The Morgan fingerprint density at radius 2 is 1.75 bits per heavy atom. The first kappa shape index (κ1) is 21.7. The van der Waals surface area contributed by atoms with Crippen LogP contribution in [0.15, 0.2) is 71.7 Å². The Morgan fingerprint density at radius 1 is 1.03 bits per heavy atom. The lowest BCUT2D eigenvalue weighted by Crippen LogP contribution is -2.19. The van der Waals surface area contributed by atoms with Gasteiger partial charge in [0.25, 0.3) is 5.56 Å². The molecule has 0 fully saturated rings. The molecule has 0 saturated carbocycles. The molecule has 0 saturated heterocycles. The van der Waals surface area contributed by atoms with Gasteiger partial charge in [-0.15, -0.1) is 0 Å². The summed E-state index contributed by atoms with van der Waals surface area (Å²) in [6.45, 7) is 2.08. The van der Waals surface area contributed by atoms with E-state index in [1.807, 2.05) is 19.1 Å². The summed E-state index contributed by atoms with van der Waals surface area (Å²) in [5.74, 6) is 0.566. The van der Waals surface area contributed by atoms with Crippen molar-refractivity contribution in [3.8, 4) is 5.75 Å². The lowest BCUT2D eigenvalue weighted by molar-refractivity contribution is 0.262. The van der Waals surface area contributed by atoms with Gasteiger partial charge >= 0.3 is 6.03 Å². The number of amides is 2. The molecular formula is C23H18Cl2N4O3. The van der Waals surface area contributed by atoms with Crippen LogP contribution in [-0.4, -0.2) is 15.4 Å². The van der Waals surface area contributed by atoms with Gasteiger partial charge in [-0.05, 0) is 61.0 Å². The molecular weight excluding hydrogens is 451 g/mol. The number of benzene rings is 2. The van der Waals surface area contributed by atoms with Crippen LogP contribution in [0.5, 0.6) is 5.75 Å². The van der Waals surface area contributed by atoms with Crippen molar-refractivity contribution >= 4 is 46.3 Å². The van der Waals surface area contributed by atoms with Crippen molar-refractivity contribution in [2.24, 2.45) is 0 Å². The van der Waals surface area contributed by atoms with Gasteiger partial charge in [0, 0.05) is 18.0 Å². The Morgan fingerprint density at radius 3 is 2.47 bits per heavy atom. The first-order valence-corrected chi connectivity index (χ1v) is 10.4. The van der Waals surface area contributed by atoms with Crippen molar-refractivity contribution in [1.29, 1.82) is 0 Å². The fraction of sp³-hybridized carbons (Fsp3) is 0.0870. The number of para-hydroxylation sites is 1. The number of urea groups is 1. The second-order valence-electron chi connectivity index (χ2n) is 7.01. The first-order chi connectivity index (χ1) is 15.4. The van der Waals surface area contributed by atoms with E-state index in [4.69, 9.17) is 27.9 Å². The summed E-state index contributed by atoms with van der Waals surface area (Å²) >= 11 is 12.1. The summed E-state index contributed by atoms with van der Waals surface area (Å²) in [5, 5.41) is 6.01. The van der Waals surface area contributed by atoms with Gasteiger partial charge < -0.3 is 15.4 Å². The summed E-state index contributed by atoms with van der Waals surface area (Å²) < 4.78 is 7.22. The third kappa shape index (κ3) is 5.01. The zero-order chi connectivity index (χ0) is 22.7. The molecule has 2 heterocycles. The highest BCUT2D eigenvalue weighted by molar-refractivity contribution is 6.39. The molecule has 0 radical (unpaired) electrons. The average Bonchev–Trinajstić information content (AvgIpc) is 2.75. The molecule has 7 nitrogen and oxygen atoms in total. The maximum Gasteiger partial charge on any atom is 0.323 e. The number of halogens is 2. The molecule has 0 atom stereocenters. The van der Waals surface area contributed by atoms with Gasteiger partial charge in [-0.2, -0.15) is 0 Å². The van der Waals surface area contributed by atoms with Gasteiger partial charge in [0.2, 0.25) is 0 Å². The quantitative estimate of drug-likeness (QED) is 0.403. The SMILES string of the molecule is Cc1ccn2c(=O)cc(COc3ccc(NC(=O)Nc4c(Cl)cccc4Cl)cc3)nc2c1. The molecule has 2 amide bonds. The van der Waals surface area contributed by atoms with E-state index in [0.29, 0.717) is 38.5 Å². The summed E-state index contributed by atoms with van der Waals surface area (Å²) in [6, 6.07) is 16.4. The second kappa shape index (κ2) is 9.30. The van der Waals surface area contributed by atoms with E-state index in [9.17, 15) is 9.59 Å². The molecule has 4 aromatic rings. The van der Waals surface area contributed by atoms with Crippen LogP contribution in [0.1, 0.15) is 11.3 Å². The normalized spacial score (nSPS) is 10.7. The lowest BCUT2D eigenvalue weighted by Gasteiger charge is -2.11. The average molecular weight is 469 g/mol. The van der Waals surface area contributed by atoms with E-state index in [2.05, 4.69) is 15.6 Å². The molecule has 4 rings (SSSR count). The van der Waals surface area contributed by atoms with Gasteiger partial charge in [0.15, 0.2) is 0 Å². The number of anilines is 2. The number of nitrogens with zero attached hydrogens (tertiary/aromatic N) is 2. The van der Waals surface area contributed by atoms with E-state index < -0.39 is 6.03 Å². The highest BCUT2D eigenvalue weighted by Gasteiger charge is 2.10. The number of hydrogen-bond acceptors (Lipinski definition) is 4. The molecule has 0 aliphatic rings. The van der Waals surface area contributed by atoms with E-state index in [1.54, 1.807) is 48.7 Å². The van der Waals surface area contributed by atoms with Gasteiger partial charge in [-0.25, -0.2) is 9.78 Å². The lowest BCUT2D eigenvalue weighted by atomic mass is 10.3. The van der Waals surface area contributed by atoms with Crippen LogP contribution in [0.4, 0.5) is 16.2 Å². The Bertz CT molecular complexity index is 1330. The van der Waals surface area contributed by atoms with E-state index in [-0.39, 0.29) is 12.2 Å². The summed E-state index contributed by atoms with van der Waals surface area (Å²) in [7, 11) is 0. The van der Waals surface area contributed by atoms with Gasteiger partial charge in [-0.3, -0.25) is 9.20 Å². The molecule has 0 spiro atoms. The van der Waals surface area contributed by atoms with Crippen LogP contribution in [0.2, 0.25) is 10.0 Å². The van der Waals surface area contributed by atoms with Crippen molar-refractivity contribution in [2.45, 2.75) is 13.5 Å². The highest BCUT2D eigenvalue weighted by Crippen LogP contribution is 2.30. The predicted molar refractivity (Wildman–Crippen MR) is 126 cm³/mol. The second-order valence-corrected chi connectivity index (χ2v) is 7.82. The number of ether oxygens (including phenoxy) is 1. The van der Waals surface area contributed by atoms with Gasteiger partial charge in [-0.1, -0.05) is 29.3 Å². The van der Waals surface area contributed by atoms with Crippen LogP contribution >= 0.6 is 23.2 Å². The standard InChI is InChI=1S/C23H18Cl2N4O3/c1-14-9-10-29-20(11-14)26-16(12-21(29)30)13-32-17-7-5-15(6-8-17)27-23(31)28-22-18(24)3-2-4-19(22)25/h2-12H,13H2,1H3,(H2,27,28,31). The summed E-state index contributed by atoms with van der Waals surface area (Å²) in [5.41, 5.74) is 2.83. The van der Waals surface area contributed by atoms with Gasteiger partial charge in [0.05, 0.1) is 21.4 Å². The van der Waals surface area contributed by atoms with Crippen molar-refractivity contribution in [3.05, 3.63) is 98.5 Å². The number of pyridine rings is 1. The number of rotatable bonds is 5. The molecule has 162 valence electrons. The number of aryl methyl sites for hydroxylation is 1. The Balaban J connectivity index is 1.38. The zero-order valence-electron chi connectivity index (χ0n) is 16.9. The third-order valence-electron chi connectivity index (χ3n) is 4.58. The molecule has 0 bridgehead atoms. The smallest absolute Gasteiger partial charge is 0.323 e. The summed E-state index contributed by atoms with van der Waals surface area (Å²) in [6.07, 6.45) is 1.70. The number of nitrogens with one attached hydrogen (secondary N) is 2. The van der Waals surface area contributed by atoms with Gasteiger partial charge in [0.1, 0.15) is 18.0 Å². The summed E-state index contributed by atoms with van der Waals surface area (Å²) in [4.78, 5) is 29.0. The Labute approximate surface area is 193 Å². The van der Waals surface area contributed by atoms with Crippen LogP contribution < -0.4 is 20.9 Å². The fourth-order valence-electron chi connectivity index (χ4n) is 3.01. The Hall–Kier alpha value is -3.55. The third-order valence-corrected chi connectivity index (χ3v) is 5.21. The molecule has 0 aliphatic carbocycles. The number of fused-ring (bicyclic) bond motifs is 1. The van der Waals surface area contributed by atoms with Crippen molar-refractivity contribution in [1.82, 2.24) is 9.38 Å². The zero-order valence-corrected chi connectivity index (χ0v) is 18.4. The van der Waals surface area contributed by atoms with Crippen LogP contribution in [0, 0.1) is 6.92 Å². The molecule has 32 heavy (non-hydrogen) atoms. The largest absolute Gasteiger partial charge is 0.487 e. The predicted octanol–water partition coefficient (Wildman–Crippen LogP) is 5.53. The highest BCUT2D eigenvalue weighted by atomic mass is 35.5. The molecule has 2 N–H and O–H groups in total. The molecule has 0 unspecified atom stereocenters. The number of carbonyl (C=O) groups is 1. The maximum atomic E-state index is 12.2. The monoisotopic (exact) mass is 468 g/mol. The number of aromatic nitrogens is 2. The fourth-order valence-corrected chi connectivity index (χ4v) is 3.50. The van der Waals surface area contributed by atoms with E-state index in [1.165, 1.54) is 10.5 Å². The molecule has 2 aromatic carbocycles. The van der Waals surface area contributed by atoms with Crippen LogP contribution in [-0.2, 0) is 6.61 Å². The molecule has 2 aromatic heterocycles. The molecule has 0 aliphatic heterocycles. The van der Waals surface area contributed by atoms with Crippen LogP contribution in [0.25, 0.3) is 5.65 Å². The minimum atomic E-state index is -0.482. The minimum Gasteiger partial charge on any atom is -0.487 e. The Kier molecular flexibility index (Phi) is 6.30. The van der Waals surface area contributed by atoms with Crippen molar-refractivity contribution in [2.75, 3.05) is 10.6 Å². The van der Waals surface area contributed by atoms with Crippen LogP contribution in [0.3, 0.4) is 0 Å². The topological polar surface area (TPSA) is 84.7 Å². The maximum absolute atomic E-state index is 12.2. The van der Waals surface area contributed by atoms with Crippen molar-refractivity contribution < 1.29 is 9.53 Å².